The summed E-state index contributed by atoms with van der Waals surface area (Å²) < 4.78 is 4.14. The Balaban J connectivity index is 0.000000288. The molecule has 80 valence electrons. The van der Waals surface area contributed by atoms with Crippen molar-refractivity contribution < 1.29 is 19.4 Å². The number of methoxy groups -OCH3 is 1. The van der Waals surface area contributed by atoms with Crippen LogP contribution in [0.15, 0.2) is 43.0 Å². The Morgan fingerprint density at radius 1 is 1.33 bits per heavy atom. The Morgan fingerprint density at radius 2 is 1.87 bits per heavy atom. The highest BCUT2D eigenvalue weighted by Gasteiger charge is 1.96. The molecule has 1 rings (SSSR count). The van der Waals surface area contributed by atoms with Crippen molar-refractivity contribution in [1.29, 1.82) is 0 Å². The van der Waals surface area contributed by atoms with Gasteiger partial charge in [0, 0.05) is 6.08 Å². The first-order chi connectivity index (χ1) is 7.11. The first-order valence-electron chi connectivity index (χ1n) is 4.10. The van der Waals surface area contributed by atoms with Crippen LogP contribution in [0.25, 0.3) is 0 Å². The number of ether oxygens (including phenoxy) is 1. The van der Waals surface area contributed by atoms with Crippen molar-refractivity contribution >= 4 is 11.9 Å². The van der Waals surface area contributed by atoms with Crippen molar-refractivity contribution in [2.45, 2.75) is 0 Å². The summed E-state index contributed by atoms with van der Waals surface area (Å²) in [5, 5.41) is 8.38. The molecule has 0 radical (unpaired) electrons. The minimum atomic E-state index is -0.879. The number of hydrogen-bond acceptors (Lipinski definition) is 3. The molecule has 0 bridgehead atoms. The van der Waals surface area contributed by atoms with Crippen molar-refractivity contribution in [3.05, 3.63) is 48.6 Å². The molecule has 0 saturated heterocycles. The number of carboxylic acid groups (broad SMARTS) is 1. The van der Waals surface area contributed by atoms with E-state index in [1.807, 2.05) is 0 Å². The van der Waals surface area contributed by atoms with E-state index in [1.54, 1.807) is 30.3 Å². The number of carbonyl (C=O) groups excluding carboxylic acids is 1. The van der Waals surface area contributed by atoms with E-state index >= 15 is 0 Å². The zero-order valence-corrected chi connectivity index (χ0v) is 8.34. The third kappa shape index (κ3) is 6.04. The largest absolute Gasteiger partial charge is 0.478 e. The Labute approximate surface area is 87.8 Å². The molecule has 4 nitrogen and oxygen atoms in total. The third-order valence-corrected chi connectivity index (χ3v) is 1.39. The van der Waals surface area contributed by atoms with Gasteiger partial charge in [0.2, 0.25) is 0 Å². The van der Waals surface area contributed by atoms with Gasteiger partial charge in [-0.05, 0) is 12.1 Å². The smallest absolute Gasteiger partial charge is 0.335 e. The topological polar surface area (TPSA) is 63.6 Å². The number of hydrogen-bond donors (Lipinski definition) is 1. The summed E-state index contributed by atoms with van der Waals surface area (Å²) in [6, 6.07) is 8.30. The highest BCUT2D eigenvalue weighted by molar-refractivity contribution is 5.87. The fraction of sp³-hybridized carbons (Fsp3) is 0.0909. The molecule has 1 aromatic carbocycles. The molecule has 0 aliphatic carbocycles. The monoisotopic (exact) mass is 208 g/mol. The molecule has 1 aromatic rings. The molecule has 0 saturated carbocycles. The lowest BCUT2D eigenvalue weighted by Crippen LogP contribution is -1.93. The second-order valence-electron chi connectivity index (χ2n) is 2.40. The Kier molecular flexibility index (Phi) is 6.29. The van der Waals surface area contributed by atoms with E-state index in [-0.39, 0.29) is 0 Å². The van der Waals surface area contributed by atoms with E-state index in [0.29, 0.717) is 5.56 Å². The maximum atomic E-state index is 10.2. The standard InChI is InChI=1S/C7H6O2.C4H6O2/c8-7(9)6-4-2-1-3-5-6;1-3-4(5)6-2/h1-5H,(H,8,9);3H,1H2,2H3. The van der Waals surface area contributed by atoms with Crippen LogP contribution < -0.4 is 0 Å². The molecule has 0 spiro atoms. The van der Waals surface area contributed by atoms with Crippen LogP contribution >= 0.6 is 0 Å². The molecule has 0 aliphatic rings. The van der Waals surface area contributed by atoms with E-state index in [9.17, 15) is 9.59 Å². The second kappa shape index (κ2) is 7.32. The number of carbonyl (C=O) groups is 2. The van der Waals surface area contributed by atoms with Gasteiger partial charge in [-0.15, -0.1) is 0 Å². The Hall–Kier alpha value is -2.10. The van der Waals surface area contributed by atoms with Crippen molar-refractivity contribution in [2.24, 2.45) is 0 Å². The molecule has 0 aliphatic heterocycles. The summed E-state index contributed by atoms with van der Waals surface area (Å²) in [5.41, 5.74) is 0.331. The Bertz CT molecular complexity index is 330. The van der Waals surface area contributed by atoms with E-state index in [2.05, 4.69) is 11.3 Å². The van der Waals surface area contributed by atoms with E-state index < -0.39 is 11.9 Å². The molecule has 0 atom stereocenters. The maximum Gasteiger partial charge on any atom is 0.335 e. The van der Waals surface area contributed by atoms with Crippen LogP contribution in [0.4, 0.5) is 0 Å². The minimum absolute atomic E-state index is 0.331. The van der Waals surface area contributed by atoms with E-state index in [4.69, 9.17) is 5.11 Å². The quantitative estimate of drug-likeness (QED) is 0.593. The van der Waals surface area contributed by atoms with Crippen LogP contribution in [-0.2, 0) is 9.53 Å². The molecule has 0 fully saturated rings. The SMILES string of the molecule is C=CC(=O)OC.O=C(O)c1ccccc1. The fourth-order valence-corrected chi connectivity index (χ4v) is 0.664. The lowest BCUT2D eigenvalue weighted by molar-refractivity contribution is -0.134. The van der Waals surface area contributed by atoms with Crippen LogP contribution in [0.2, 0.25) is 0 Å². The number of aromatic carboxylic acids is 1. The van der Waals surface area contributed by atoms with E-state index in [0.717, 1.165) is 6.08 Å². The van der Waals surface area contributed by atoms with Crippen molar-refractivity contribution in [3.8, 4) is 0 Å². The maximum absolute atomic E-state index is 10.2. The van der Waals surface area contributed by atoms with Gasteiger partial charge in [0.1, 0.15) is 0 Å². The zero-order chi connectivity index (χ0) is 11.7. The first kappa shape index (κ1) is 12.9. The molecule has 0 heterocycles. The van der Waals surface area contributed by atoms with Gasteiger partial charge in [-0.25, -0.2) is 9.59 Å². The van der Waals surface area contributed by atoms with E-state index in [1.165, 1.54) is 7.11 Å². The fourth-order valence-electron chi connectivity index (χ4n) is 0.664. The minimum Gasteiger partial charge on any atom is -0.478 e. The average molecular weight is 208 g/mol. The molecular weight excluding hydrogens is 196 g/mol. The molecule has 1 N–H and O–H groups in total. The van der Waals surface area contributed by atoms with Crippen LogP contribution in [0, 0.1) is 0 Å². The van der Waals surface area contributed by atoms with Gasteiger partial charge in [-0.3, -0.25) is 0 Å². The summed E-state index contributed by atoms with van der Waals surface area (Å²) in [7, 11) is 1.31. The van der Waals surface area contributed by atoms with Crippen LogP contribution in [0.1, 0.15) is 10.4 Å². The average Bonchev–Trinajstić information content (AvgIpc) is 2.30. The molecule has 0 unspecified atom stereocenters. The van der Waals surface area contributed by atoms with Crippen molar-refractivity contribution in [2.75, 3.05) is 7.11 Å². The summed E-state index contributed by atoms with van der Waals surface area (Å²) in [4.78, 5) is 20.0. The van der Waals surface area contributed by atoms with Gasteiger partial charge in [0.15, 0.2) is 0 Å². The number of esters is 1. The number of benzene rings is 1. The molecule has 0 aromatic heterocycles. The zero-order valence-electron chi connectivity index (χ0n) is 8.34. The lowest BCUT2D eigenvalue weighted by Gasteiger charge is -1.88. The highest BCUT2D eigenvalue weighted by atomic mass is 16.5. The lowest BCUT2D eigenvalue weighted by atomic mass is 10.2. The molecular formula is C11H12O4. The Morgan fingerprint density at radius 3 is 2.07 bits per heavy atom. The van der Waals surface area contributed by atoms with Gasteiger partial charge in [-0.1, -0.05) is 24.8 Å². The number of carboxylic acids is 1. The first-order valence-corrected chi connectivity index (χ1v) is 4.10. The molecule has 15 heavy (non-hydrogen) atoms. The van der Waals surface area contributed by atoms with Crippen molar-refractivity contribution in [1.82, 2.24) is 0 Å². The van der Waals surface area contributed by atoms with Crippen LogP contribution in [0.5, 0.6) is 0 Å². The predicted molar refractivity (Wildman–Crippen MR) is 55.6 cm³/mol. The summed E-state index contributed by atoms with van der Waals surface area (Å²) in [6.07, 6.45) is 1.11. The van der Waals surface area contributed by atoms with Gasteiger partial charge >= 0.3 is 11.9 Å². The summed E-state index contributed by atoms with van der Waals surface area (Å²) in [6.45, 7) is 3.16. The normalized spacial score (nSPS) is 8.07. The third-order valence-electron chi connectivity index (χ3n) is 1.39. The summed E-state index contributed by atoms with van der Waals surface area (Å²) >= 11 is 0. The second-order valence-corrected chi connectivity index (χ2v) is 2.40. The van der Waals surface area contributed by atoms with Gasteiger partial charge < -0.3 is 9.84 Å². The van der Waals surface area contributed by atoms with Gasteiger partial charge in [-0.2, -0.15) is 0 Å². The molecule has 4 heteroatoms. The predicted octanol–water partition coefficient (Wildman–Crippen LogP) is 1.73. The summed E-state index contributed by atoms with van der Waals surface area (Å²) in [5.74, 6) is -1.27. The van der Waals surface area contributed by atoms with Crippen molar-refractivity contribution in [3.63, 3.8) is 0 Å². The van der Waals surface area contributed by atoms with Crippen LogP contribution in [0.3, 0.4) is 0 Å². The highest BCUT2D eigenvalue weighted by Crippen LogP contribution is 1.96. The van der Waals surface area contributed by atoms with Gasteiger partial charge in [0.05, 0.1) is 12.7 Å². The van der Waals surface area contributed by atoms with Gasteiger partial charge in [0.25, 0.3) is 0 Å². The van der Waals surface area contributed by atoms with Crippen LogP contribution in [-0.4, -0.2) is 24.2 Å². The number of rotatable bonds is 2. The molecule has 0 amide bonds.